The second kappa shape index (κ2) is 13.7. The minimum atomic E-state index is -1.48. The highest BCUT2D eigenvalue weighted by Gasteiger charge is 2.38. The van der Waals surface area contributed by atoms with E-state index in [1.54, 1.807) is 6.07 Å². The molecule has 43 heavy (non-hydrogen) atoms. The fourth-order valence-corrected chi connectivity index (χ4v) is 8.77. The van der Waals surface area contributed by atoms with Crippen molar-refractivity contribution < 1.29 is 18.8 Å². The minimum Gasteiger partial charge on any atom is -0.491 e. The van der Waals surface area contributed by atoms with Crippen molar-refractivity contribution in [1.82, 2.24) is 4.72 Å². The van der Waals surface area contributed by atoms with Crippen LogP contribution in [0.3, 0.4) is 0 Å². The number of carbonyl (C=O) groups excluding carboxylic acids is 1. The van der Waals surface area contributed by atoms with E-state index in [0.29, 0.717) is 24.0 Å². The van der Waals surface area contributed by atoms with Gasteiger partial charge in [-0.1, -0.05) is 62.4 Å². The van der Waals surface area contributed by atoms with Gasteiger partial charge in [-0.2, -0.15) is 0 Å². The van der Waals surface area contributed by atoms with Crippen LogP contribution in [0.5, 0.6) is 5.75 Å². The molecule has 2 N–H and O–H groups in total. The van der Waals surface area contributed by atoms with E-state index in [1.807, 2.05) is 24.3 Å². The summed E-state index contributed by atoms with van der Waals surface area (Å²) < 4.78 is 22.8. The topological polar surface area (TPSA) is 78.9 Å². The Bertz CT molecular complexity index is 1360. The Kier molecular flexibility index (Phi) is 9.80. The number of anilines is 1. The van der Waals surface area contributed by atoms with Gasteiger partial charge in [0.05, 0.1) is 23.6 Å². The minimum absolute atomic E-state index is 0.0986. The number of fused-ring (bicyclic) bond motifs is 2. The van der Waals surface area contributed by atoms with Crippen molar-refractivity contribution in [3.8, 4) is 5.75 Å². The van der Waals surface area contributed by atoms with Crippen LogP contribution in [-0.2, 0) is 17.4 Å². The van der Waals surface area contributed by atoms with E-state index in [1.165, 1.54) is 30.4 Å². The van der Waals surface area contributed by atoms with Crippen LogP contribution in [0.15, 0.2) is 48.6 Å². The summed E-state index contributed by atoms with van der Waals surface area (Å²) in [6.45, 7) is 4.22. The molecular formula is C35H45ClN2O4S. The molecule has 2 saturated carbocycles. The van der Waals surface area contributed by atoms with E-state index in [0.717, 1.165) is 74.5 Å². The number of rotatable bonds is 5. The van der Waals surface area contributed by atoms with Crippen molar-refractivity contribution in [1.29, 1.82) is 0 Å². The molecule has 6 unspecified atom stereocenters. The first kappa shape index (κ1) is 30.7. The van der Waals surface area contributed by atoms with Crippen LogP contribution in [0.2, 0.25) is 5.02 Å². The largest absolute Gasteiger partial charge is 0.491 e. The maximum atomic E-state index is 13.5. The number of hydrogen-bond donors (Lipinski definition) is 2. The summed E-state index contributed by atoms with van der Waals surface area (Å²) in [5.41, 5.74) is 3.90. The van der Waals surface area contributed by atoms with E-state index in [9.17, 15) is 14.1 Å². The molecule has 0 aromatic heterocycles. The number of hydrogen-bond acceptors (Lipinski definition) is 5. The normalized spacial score (nSPS) is 30.6. The molecule has 1 amide bonds. The van der Waals surface area contributed by atoms with Gasteiger partial charge in [0.2, 0.25) is 0 Å². The number of carbonyl (C=O) groups is 1. The van der Waals surface area contributed by atoms with Crippen LogP contribution in [0.1, 0.15) is 92.1 Å². The van der Waals surface area contributed by atoms with E-state index in [4.69, 9.17) is 16.3 Å². The lowest BCUT2D eigenvalue weighted by molar-refractivity contribution is 0.0461. The van der Waals surface area contributed by atoms with Gasteiger partial charge in [0.15, 0.2) is 0 Å². The van der Waals surface area contributed by atoms with Crippen molar-refractivity contribution in [2.75, 3.05) is 24.6 Å². The monoisotopic (exact) mass is 624 g/mol. The standard InChI is InChI=1S/C35H45ClN2O4S/c1-2-6-24-18-28(36)13-15-30(24)27-21-38-20-26-11-14-31(26)33(39)10-4-3-9-29(17-23-7-5-8-23)43(41)37-35(40)25-12-16-34(42-22-27)32(38)19-25/h4,10,12-13,15-16,18-19,23,26-27,29,31,33,39H,2-3,5-9,11,14,17,20-22H2,1H3,(H,37,40)/b10-4+. The molecule has 2 aromatic rings. The highest BCUT2D eigenvalue weighted by Crippen LogP contribution is 2.43. The van der Waals surface area contributed by atoms with Crippen LogP contribution in [0.25, 0.3) is 0 Å². The number of aryl methyl sites for hydroxylation is 1. The summed E-state index contributed by atoms with van der Waals surface area (Å²) >= 11 is 6.40. The van der Waals surface area contributed by atoms with Gasteiger partial charge in [-0.15, -0.1) is 0 Å². The average Bonchev–Trinajstić information content (AvgIpc) is 3.12. The molecule has 0 saturated heterocycles. The van der Waals surface area contributed by atoms with Gasteiger partial charge in [-0.05, 0) is 97.7 Å². The molecule has 8 heteroatoms. The second-order valence-electron chi connectivity index (χ2n) is 13.1. The predicted molar refractivity (Wildman–Crippen MR) is 174 cm³/mol. The maximum Gasteiger partial charge on any atom is 0.263 e. The quantitative estimate of drug-likeness (QED) is 0.352. The van der Waals surface area contributed by atoms with Gasteiger partial charge in [0.25, 0.3) is 5.91 Å². The fraction of sp³-hybridized carbons (Fsp3) is 0.571. The Hall–Kier alpha value is -2.35. The zero-order valence-corrected chi connectivity index (χ0v) is 26.8. The van der Waals surface area contributed by atoms with Crippen molar-refractivity contribution >= 4 is 34.2 Å². The molecule has 4 aliphatic rings. The summed E-state index contributed by atoms with van der Waals surface area (Å²) in [4.78, 5) is 15.9. The first-order chi connectivity index (χ1) is 20.9. The molecule has 2 heterocycles. The van der Waals surface area contributed by atoms with Crippen LogP contribution < -0.4 is 14.4 Å². The van der Waals surface area contributed by atoms with Gasteiger partial charge in [-0.25, -0.2) is 4.21 Å². The number of nitrogens with one attached hydrogen (secondary N) is 1. The van der Waals surface area contributed by atoms with Crippen LogP contribution in [0.4, 0.5) is 5.69 Å². The van der Waals surface area contributed by atoms with E-state index in [-0.39, 0.29) is 23.0 Å². The number of allylic oxidation sites excluding steroid dienone is 1. The van der Waals surface area contributed by atoms with Gasteiger partial charge in [0.1, 0.15) is 16.7 Å². The Balaban J connectivity index is 1.33. The molecule has 0 spiro atoms. The van der Waals surface area contributed by atoms with Crippen LogP contribution >= 0.6 is 11.6 Å². The SMILES string of the molecule is CCCc1cc(Cl)ccc1C1COc2ccc3cc2N(C1)CC1CCC1C(O)/C=C/CCC(CC1CCC1)S(=O)NC3=O. The number of aliphatic hydroxyl groups excluding tert-OH is 1. The summed E-state index contributed by atoms with van der Waals surface area (Å²) in [5.74, 6) is 1.71. The molecule has 2 bridgehead atoms. The molecule has 6 nitrogen and oxygen atoms in total. The number of ether oxygens (including phenoxy) is 1. The number of aliphatic hydroxyl groups is 1. The molecule has 2 aliphatic carbocycles. The van der Waals surface area contributed by atoms with Crippen molar-refractivity contribution in [2.45, 2.75) is 88.4 Å². The lowest BCUT2D eigenvalue weighted by atomic mass is 9.70. The molecule has 0 radical (unpaired) electrons. The zero-order chi connectivity index (χ0) is 29.9. The highest BCUT2D eigenvalue weighted by atomic mass is 35.5. The van der Waals surface area contributed by atoms with E-state index >= 15 is 0 Å². The lowest BCUT2D eigenvalue weighted by Gasteiger charge is -2.42. The van der Waals surface area contributed by atoms with E-state index < -0.39 is 17.1 Å². The predicted octanol–water partition coefficient (Wildman–Crippen LogP) is 6.96. The molecule has 2 aromatic carbocycles. The maximum absolute atomic E-state index is 13.5. The Morgan fingerprint density at radius 1 is 1.09 bits per heavy atom. The molecule has 6 atom stereocenters. The van der Waals surface area contributed by atoms with Crippen LogP contribution in [-0.4, -0.2) is 46.3 Å². The third-order valence-corrected chi connectivity index (χ3v) is 11.8. The molecular weight excluding hydrogens is 580 g/mol. The Morgan fingerprint density at radius 3 is 2.70 bits per heavy atom. The molecule has 232 valence electrons. The van der Waals surface area contributed by atoms with Gasteiger partial charge >= 0.3 is 0 Å². The number of benzene rings is 2. The van der Waals surface area contributed by atoms with Crippen molar-refractivity contribution in [3.63, 3.8) is 0 Å². The second-order valence-corrected chi connectivity index (χ2v) is 15.0. The van der Waals surface area contributed by atoms with E-state index in [2.05, 4.69) is 34.8 Å². The zero-order valence-electron chi connectivity index (χ0n) is 25.2. The molecule has 6 rings (SSSR count). The average molecular weight is 625 g/mol. The first-order valence-electron chi connectivity index (χ1n) is 16.3. The summed E-state index contributed by atoms with van der Waals surface area (Å²) in [5, 5.41) is 11.8. The van der Waals surface area contributed by atoms with Crippen molar-refractivity contribution in [3.05, 3.63) is 70.3 Å². The number of halogens is 1. The van der Waals surface area contributed by atoms with Crippen molar-refractivity contribution in [2.24, 2.45) is 17.8 Å². The smallest absolute Gasteiger partial charge is 0.263 e. The summed E-state index contributed by atoms with van der Waals surface area (Å²) in [7, 11) is -1.48. The molecule has 2 aliphatic heterocycles. The summed E-state index contributed by atoms with van der Waals surface area (Å²) in [6, 6.07) is 11.8. The lowest BCUT2D eigenvalue weighted by Crippen LogP contribution is -2.44. The Labute approximate surface area is 263 Å². The number of nitrogens with zero attached hydrogens (tertiary/aromatic N) is 1. The van der Waals surface area contributed by atoms with Gasteiger partial charge in [-0.3, -0.25) is 9.52 Å². The Morgan fingerprint density at radius 2 is 1.95 bits per heavy atom. The van der Waals surface area contributed by atoms with Gasteiger partial charge < -0.3 is 14.7 Å². The summed E-state index contributed by atoms with van der Waals surface area (Å²) in [6.07, 6.45) is 13.5. The van der Waals surface area contributed by atoms with Crippen LogP contribution in [0, 0.1) is 17.8 Å². The first-order valence-corrected chi connectivity index (χ1v) is 17.8. The third-order valence-electron chi connectivity index (χ3n) is 10.2. The molecule has 2 fully saturated rings. The highest BCUT2D eigenvalue weighted by molar-refractivity contribution is 7.84. The third kappa shape index (κ3) is 6.99. The van der Waals surface area contributed by atoms with Gasteiger partial charge in [0, 0.05) is 29.6 Å². The number of amides is 1. The fourth-order valence-electron chi connectivity index (χ4n) is 7.32.